The molecule has 0 bridgehead atoms. The van der Waals surface area contributed by atoms with Crippen LogP contribution in [0.2, 0.25) is 0 Å². The average Bonchev–Trinajstić information content (AvgIpc) is 2.95. The third-order valence-electron chi connectivity index (χ3n) is 3.41. The van der Waals surface area contributed by atoms with E-state index in [1.54, 1.807) is 0 Å². The van der Waals surface area contributed by atoms with Crippen molar-refractivity contribution in [1.29, 1.82) is 0 Å². The molecule has 0 fully saturated rings. The molecule has 0 spiro atoms. The third-order valence-corrected chi connectivity index (χ3v) is 3.41. The van der Waals surface area contributed by atoms with Gasteiger partial charge in [0, 0.05) is 50.7 Å². The van der Waals surface area contributed by atoms with Gasteiger partial charge < -0.3 is 9.88 Å². The Kier molecular flexibility index (Phi) is 4.37. The summed E-state index contributed by atoms with van der Waals surface area (Å²) in [6.07, 6.45) is 7.80. The fraction of sp³-hybridized carbons (Fsp3) is 0.571. The number of aryl methyl sites for hydroxylation is 3. The van der Waals surface area contributed by atoms with Gasteiger partial charge >= 0.3 is 0 Å². The Morgan fingerprint density at radius 2 is 2.11 bits per heavy atom. The molecule has 0 aliphatic rings. The number of nitrogens with zero attached hydrogens (tertiary/aromatic N) is 4. The van der Waals surface area contributed by atoms with Crippen molar-refractivity contribution in [1.82, 2.24) is 24.6 Å². The van der Waals surface area contributed by atoms with E-state index in [1.165, 1.54) is 11.3 Å². The zero-order valence-corrected chi connectivity index (χ0v) is 12.2. The van der Waals surface area contributed by atoms with Gasteiger partial charge in [0.15, 0.2) is 0 Å². The second-order valence-corrected chi connectivity index (χ2v) is 4.83. The van der Waals surface area contributed by atoms with Crippen molar-refractivity contribution in [2.75, 3.05) is 6.54 Å². The van der Waals surface area contributed by atoms with E-state index in [2.05, 4.69) is 40.0 Å². The molecule has 0 radical (unpaired) electrons. The lowest BCUT2D eigenvalue weighted by Crippen LogP contribution is -2.24. The molecule has 2 aromatic heterocycles. The van der Waals surface area contributed by atoms with Crippen LogP contribution >= 0.6 is 0 Å². The number of hydrogen-bond donors (Lipinski definition) is 1. The van der Waals surface area contributed by atoms with Gasteiger partial charge in [0.1, 0.15) is 5.82 Å². The summed E-state index contributed by atoms with van der Waals surface area (Å²) in [5.74, 6) is 1.09. The molecule has 1 N–H and O–H groups in total. The first-order valence-electron chi connectivity index (χ1n) is 6.87. The summed E-state index contributed by atoms with van der Waals surface area (Å²) < 4.78 is 3.98. The number of aromatic nitrogens is 4. The van der Waals surface area contributed by atoms with Crippen molar-refractivity contribution >= 4 is 0 Å². The molecule has 0 saturated heterocycles. The predicted molar refractivity (Wildman–Crippen MR) is 75.9 cm³/mol. The van der Waals surface area contributed by atoms with E-state index in [0.717, 1.165) is 25.2 Å². The summed E-state index contributed by atoms with van der Waals surface area (Å²) in [6, 6.07) is 0.273. The Balaban J connectivity index is 2.26. The highest BCUT2D eigenvalue weighted by Crippen LogP contribution is 2.21. The van der Waals surface area contributed by atoms with E-state index in [1.807, 2.05) is 31.2 Å². The van der Waals surface area contributed by atoms with Crippen LogP contribution in [0.5, 0.6) is 0 Å². The lowest BCUT2D eigenvalue weighted by Gasteiger charge is -2.17. The molecule has 2 aromatic rings. The van der Waals surface area contributed by atoms with Crippen molar-refractivity contribution < 1.29 is 0 Å². The van der Waals surface area contributed by atoms with Crippen molar-refractivity contribution in [3.8, 4) is 0 Å². The Bertz CT molecular complexity index is 526. The second kappa shape index (κ2) is 6.02. The highest BCUT2D eigenvalue weighted by atomic mass is 15.3. The molecular formula is C14H23N5. The van der Waals surface area contributed by atoms with Gasteiger partial charge in [0.25, 0.3) is 0 Å². The Labute approximate surface area is 114 Å². The summed E-state index contributed by atoms with van der Waals surface area (Å²) in [7, 11) is 4.02. The highest BCUT2D eigenvalue weighted by molar-refractivity contribution is 5.23. The van der Waals surface area contributed by atoms with Crippen molar-refractivity contribution in [3.05, 3.63) is 35.7 Å². The van der Waals surface area contributed by atoms with Gasteiger partial charge in [-0.05, 0) is 13.0 Å². The zero-order chi connectivity index (χ0) is 13.8. The van der Waals surface area contributed by atoms with Gasteiger partial charge in [-0.15, -0.1) is 0 Å². The Morgan fingerprint density at radius 3 is 2.68 bits per heavy atom. The number of nitrogens with one attached hydrogen (secondary N) is 1. The highest BCUT2D eigenvalue weighted by Gasteiger charge is 2.19. The SMILES string of the molecule is CCNC(Cc1nccn1C)c1cn(C)nc1CC. The minimum absolute atomic E-state index is 0.273. The summed E-state index contributed by atoms with van der Waals surface area (Å²) in [6.45, 7) is 5.22. The molecule has 19 heavy (non-hydrogen) atoms. The zero-order valence-electron chi connectivity index (χ0n) is 12.2. The summed E-state index contributed by atoms with van der Waals surface area (Å²) >= 11 is 0. The molecule has 5 heteroatoms. The monoisotopic (exact) mass is 261 g/mol. The topological polar surface area (TPSA) is 47.7 Å². The van der Waals surface area contributed by atoms with Gasteiger partial charge in [-0.2, -0.15) is 5.10 Å². The quantitative estimate of drug-likeness (QED) is 0.859. The number of rotatable bonds is 6. The first-order chi connectivity index (χ1) is 9.15. The fourth-order valence-corrected chi connectivity index (χ4v) is 2.43. The van der Waals surface area contributed by atoms with Gasteiger partial charge in [0.2, 0.25) is 0 Å². The van der Waals surface area contributed by atoms with Crippen LogP contribution in [0.1, 0.15) is 37.0 Å². The molecule has 0 amide bonds. The van der Waals surface area contributed by atoms with Crippen LogP contribution in [0.15, 0.2) is 18.6 Å². The maximum atomic E-state index is 4.53. The predicted octanol–water partition coefficient (Wildman–Crippen LogP) is 1.61. The van der Waals surface area contributed by atoms with Crippen molar-refractivity contribution in [2.45, 2.75) is 32.7 Å². The van der Waals surface area contributed by atoms with Crippen LogP contribution in [0, 0.1) is 0 Å². The summed E-state index contributed by atoms with van der Waals surface area (Å²) in [4.78, 5) is 4.42. The lowest BCUT2D eigenvalue weighted by molar-refractivity contribution is 0.525. The van der Waals surface area contributed by atoms with Crippen LogP contribution < -0.4 is 5.32 Å². The van der Waals surface area contributed by atoms with E-state index in [0.29, 0.717) is 0 Å². The smallest absolute Gasteiger partial charge is 0.110 e. The molecule has 104 valence electrons. The third kappa shape index (κ3) is 3.04. The molecule has 0 aliphatic heterocycles. The second-order valence-electron chi connectivity index (χ2n) is 4.83. The molecule has 5 nitrogen and oxygen atoms in total. The van der Waals surface area contributed by atoms with E-state index in [-0.39, 0.29) is 6.04 Å². The fourth-order valence-electron chi connectivity index (χ4n) is 2.43. The van der Waals surface area contributed by atoms with Crippen molar-refractivity contribution in [2.24, 2.45) is 14.1 Å². The number of imidazole rings is 1. The van der Waals surface area contributed by atoms with Gasteiger partial charge in [-0.1, -0.05) is 13.8 Å². The van der Waals surface area contributed by atoms with Gasteiger partial charge in [-0.3, -0.25) is 4.68 Å². The maximum Gasteiger partial charge on any atom is 0.110 e. The lowest BCUT2D eigenvalue weighted by atomic mass is 10.0. The van der Waals surface area contributed by atoms with Gasteiger partial charge in [-0.25, -0.2) is 4.98 Å². The molecule has 1 atom stereocenters. The van der Waals surface area contributed by atoms with E-state index >= 15 is 0 Å². The van der Waals surface area contributed by atoms with E-state index in [9.17, 15) is 0 Å². The number of hydrogen-bond acceptors (Lipinski definition) is 3. The minimum atomic E-state index is 0.273. The van der Waals surface area contributed by atoms with Crippen LogP contribution in [-0.2, 0) is 26.9 Å². The molecule has 0 aliphatic carbocycles. The summed E-state index contributed by atoms with van der Waals surface area (Å²) in [5, 5.41) is 8.08. The van der Waals surface area contributed by atoms with E-state index < -0.39 is 0 Å². The van der Waals surface area contributed by atoms with E-state index in [4.69, 9.17) is 0 Å². The average molecular weight is 261 g/mol. The van der Waals surface area contributed by atoms with Crippen molar-refractivity contribution in [3.63, 3.8) is 0 Å². The first kappa shape index (κ1) is 13.8. The molecular weight excluding hydrogens is 238 g/mol. The molecule has 0 saturated carbocycles. The van der Waals surface area contributed by atoms with Crippen LogP contribution in [0.3, 0.4) is 0 Å². The minimum Gasteiger partial charge on any atom is -0.338 e. The Morgan fingerprint density at radius 1 is 1.32 bits per heavy atom. The first-order valence-corrected chi connectivity index (χ1v) is 6.87. The van der Waals surface area contributed by atoms with Crippen LogP contribution in [0.25, 0.3) is 0 Å². The summed E-state index contributed by atoms with van der Waals surface area (Å²) in [5.41, 5.74) is 2.46. The maximum absolute atomic E-state index is 4.53. The molecule has 1 unspecified atom stereocenters. The van der Waals surface area contributed by atoms with Crippen LogP contribution in [0.4, 0.5) is 0 Å². The van der Waals surface area contributed by atoms with Gasteiger partial charge in [0.05, 0.1) is 5.69 Å². The molecule has 2 rings (SSSR count). The standard InChI is InChI=1S/C14H23N5/c1-5-12-11(10-19(4)17-12)13(15-6-2)9-14-16-7-8-18(14)3/h7-8,10,13,15H,5-6,9H2,1-4H3. The molecule has 2 heterocycles. The largest absolute Gasteiger partial charge is 0.338 e. The normalized spacial score (nSPS) is 12.8. The Hall–Kier alpha value is -1.62. The number of likely N-dealkylation sites (N-methyl/N-ethyl adjacent to an activating group) is 1. The molecule has 0 aromatic carbocycles. The van der Waals surface area contributed by atoms with Crippen LogP contribution in [-0.4, -0.2) is 25.9 Å².